The number of para-hydroxylation sites is 1. The van der Waals surface area contributed by atoms with Gasteiger partial charge in [0, 0.05) is 12.0 Å². The summed E-state index contributed by atoms with van der Waals surface area (Å²) in [6, 6.07) is 15.1. The average Bonchev–Trinajstić information content (AvgIpc) is 2.81. The quantitative estimate of drug-likeness (QED) is 0.448. The van der Waals surface area contributed by atoms with E-state index >= 15 is 0 Å². The lowest BCUT2D eigenvalue weighted by molar-refractivity contribution is -0.153. The third-order valence-corrected chi connectivity index (χ3v) is 4.33. The first-order valence-electron chi connectivity index (χ1n) is 11.8. The van der Waals surface area contributed by atoms with E-state index in [-0.39, 0.29) is 25.6 Å². The fraction of sp³-hybridized carbons (Fsp3) is 0.417. The van der Waals surface area contributed by atoms with E-state index in [0.717, 1.165) is 23.3 Å². The van der Waals surface area contributed by atoms with Gasteiger partial charge in [0.15, 0.2) is 0 Å². The third-order valence-electron chi connectivity index (χ3n) is 4.33. The Labute approximate surface area is 201 Å². The number of rotatable bonds is 13. The van der Waals surface area contributed by atoms with E-state index in [2.05, 4.69) is 0 Å². The van der Waals surface area contributed by atoms with Crippen LogP contribution in [0.25, 0.3) is 0 Å². The second-order valence-electron chi connectivity index (χ2n) is 7.11. The molecule has 2 rings (SSSR count). The van der Waals surface area contributed by atoms with Crippen molar-refractivity contribution in [1.82, 2.24) is 4.90 Å². The molecule has 0 radical (unpaired) electrons. The number of carbonyl (C=O) groups excluding carboxylic acids is 1. The maximum atomic E-state index is 12.4. The van der Waals surface area contributed by atoms with Crippen LogP contribution in [0, 0.1) is 0 Å². The van der Waals surface area contributed by atoms with E-state index in [9.17, 15) is 9.59 Å². The van der Waals surface area contributed by atoms with Crippen LogP contribution in [0.3, 0.4) is 0 Å². The highest BCUT2D eigenvalue weighted by Crippen LogP contribution is 2.22. The number of halogens is 1. The molecule has 1 atom stereocenters. The summed E-state index contributed by atoms with van der Waals surface area (Å²) in [7, 11) is 5.04. The normalized spacial score (nSPS) is 14.1. The van der Waals surface area contributed by atoms with Crippen LogP contribution in [-0.4, -0.2) is 62.4 Å². The lowest BCUT2D eigenvalue weighted by Gasteiger charge is -2.22. The molecule has 0 fully saturated rings. The van der Waals surface area contributed by atoms with Crippen molar-refractivity contribution in [2.75, 3.05) is 34.4 Å². The first-order chi connectivity index (χ1) is 16.4. The third kappa shape index (κ3) is 10.0. The Kier molecular flexibility index (Phi) is 9.44. The van der Waals surface area contributed by atoms with Crippen molar-refractivity contribution < 1.29 is 34.4 Å². The van der Waals surface area contributed by atoms with E-state index in [4.69, 9.17) is 24.8 Å². The number of carboxylic acids is 1. The molecule has 0 spiro atoms. The summed E-state index contributed by atoms with van der Waals surface area (Å²) in [6.45, 7) is 0.0239. The molecule has 8 heteroatoms. The Morgan fingerprint density at radius 2 is 1.84 bits per heavy atom. The summed E-state index contributed by atoms with van der Waals surface area (Å²) in [5, 5.41) is 8.99. The molecule has 0 aliphatic carbocycles. The van der Waals surface area contributed by atoms with Gasteiger partial charge in [-0.05, 0) is 56.3 Å². The first kappa shape index (κ1) is 21.1. The zero-order valence-electron chi connectivity index (χ0n) is 22.4. The molecule has 0 bridgehead atoms. The zero-order valence-corrected chi connectivity index (χ0v) is 19.2. The molecule has 0 saturated heterocycles. The smallest absolute Gasteiger partial charge is 0.306 e. The molecule has 0 saturated carbocycles. The largest absolute Gasteiger partial charge is 0.497 e. The van der Waals surface area contributed by atoms with Gasteiger partial charge in [-0.1, -0.05) is 30.3 Å². The molecule has 2 aromatic carbocycles. The number of hydrogen-bond acceptors (Lipinski definition) is 6. The standard InChI is InChI=1S/C24H31NO6.ClH/c1-25(2)16-21(31-24(28)14-13-23(26)27)17-30-22-10-5-4-8-19(22)12-11-18-7-6-9-20(15-18)29-3;/h4-10,15,21H,11-14,16-17H2,1-3H3,(H,26,27);1H/i13D2,14D2;. The molecule has 0 aliphatic heterocycles. The van der Waals surface area contributed by atoms with Gasteiger partial charge >= 0.3 is 11.9 Å². The van der Waals surface area contributed by atoms with Crippen molar-refractivity contribution in [2.24, 2.45) is 0 Å². The molecule has 1 unspecified atom stereocenters. The van der Waals surface area contributed by atoms with Crippen LogP contribution >= 0.6 is 12.4 Å². The van der Waals surface area contributed by atoms with Crippen molar-refractivity contribution in [3.8, 4) is 11.5 Å². The Morgan fingerprint density at radius 3 is 2.53 bits per heavy atom. The number of carbonyl (C=O) groups is 2. The number of benzene rings is 2. The fourth-order valence-corrected chi connectivity index (χ4v) is 2.96. The highest BCUT2D eigenvalue weighted by Gasteiger charge is 2.18. The Bertz CT molecular complexity index is 1020. The number of methoxy groups -OCH3 is 1. The van der Waals surface area contributed by atoms with Gasteiger partial charge < -0.3 is 24.2 Å². The van der Waals surface area contributed by atoms with Gasteiger partial charge in [-0.3, -0.25) is 9.59 Å². The maximum Gasteiger partial charge on any atom is 0.306 e. The zero-order chi connectivity index (χ0) is 26.2. The molecule has 0 amide bonds. The van der Waals surface area contributed by atoms with Crippen molar-refractivity contribution in [2.45, 2.75) is 31.7 Å². The summed E-state index contributed by atoms with van der Waals surface area (Å²) in [4.78, 5) is 25.2. The molecular formula is C24H32ClNO6. The summed E-state index contributed by atoms with van der Waals surface area (Å²) in [5.74, 6) is -2.36. The van der Waals surface area contributed by atoms with E-state index in [1.165, 1.54) is 0 Å². The average molecular weight is 470 g/mol. The van der Waals surface area contributed by atoms with Crippen LogP contribution in [0.1, 0.15) is 29.4 Å². The second kappa shape index (κ2) is 14.3. The highest BCUT2D eigenvalue weighted by atomic mass is 35.5. The summed E-state index contributed by atoms with van der Waals surface area (Å²) in [6.07, 6.45) is -6.41. The van der Waals surface area contributed by atoms with E-state index in [1.54, 1.807) is 38.2 Å². The number of esters is 1. The summed E-state index contributed by atoms with van der Waals surface area (Å²) in [5.41, 5.74) is 2.01. The van der Waals surface area contributed by atoms with Crippen LogP contribution in [0.15, 0.2) is 48.5 Å². The lowest BCUT2D eigenvalue weighted by atomic mass is 10.0. The lowest BCUT2D eigenvalue weighted by Crippen LogP contribution is -2.35. The minimum absolute atomic E-state index is 0. The summed E-state index contributed by atoms with van der Waals surface area (Å²) >= 11 is 0. The van der Waals surface area contributed by atoms with Gasteiger partial charge in [0.25, 0.3) is 0 Å². The van der Waals surface area contributed by atoms with Gasteiger partial charge in [0.05, 0.1) is 19.9 Å². The molecule has 32 heavy (non-hydrogen) atoms. The topological polar surface area (TPSA) is 85.3 Å². The van der Waals surface area contributed by atoms with Crippen molar-refractivity contribution in [3.63, 3.8) is 0 Å². The second-order valence-corrected chi connectivity index (χ2v) is 7.11. The Morgan fingerprint density at radius 1 is 1.09 bits per heavy atom. The Balaban J connectivity index is 0.00000648. The molecule has 176 valence electrons. The number of aryl methyl sites for hydroxylation is 2. The van der Waals surface area contributed by atoms with E-state index in [1.807, 2.05) is 36.4 Å². The number of aliphatic carboxylic acids is 1. The number of ether oxygens (including phenoxy) is 3. The molecular weight excluding hydrogens is 434 g/mol. The predicted octanol–water partition coefficient (Wildman–Crippen LogP) is 3.62. The van der Waals surface area contributed by atoms with Crippen LogP contribution in [-0.2, 0) is 27.2 Å². The van der Waals surface area contributed by atoms with Crippen LogP contribution in [0.5, 0.6) is 11.5 Å². The van der Waals surface area contributed by atoms with E-state index < -0.39 is 30.8 Å². The molecule has 1 N–H and O–H groups in total. The van der Waals surface area contributed by atoms with Crippen LogP contribution < -0.4 is 9.47 Å². The van der Waals surface area contributed by atoms with Crippen LogP contribution in [0.2, 0.25) is 0 Å². The SMILES string of the molecule is Cl.[2H]C([2H])(C(=O)O)C([2H])([2H])C(=O)OC(COc1ccccc1CCc1cccc(OC)c1)CN(C)C. The molecule has 0 heterocycles. The van der Waals surface area contributed by atoms with Gasteiger partial charge in [-0.25, -0.2) is 0 Å². The van der Waals surface area contributed by atoms with E-state index in [0.29, 0.717) is 12.2 Å². The maximum absolute atomic E-state index is 12.4. The van der Waals surface area contributed by atoms with Gasteiger partial charge in [-0.2, -0.15) is 0 Å². The van der Waals surface area contributed by atoms with Crippen molar-refractivity contribution in [1.29, 1.82) is 0 Å². The minimum Gasteiger partial charge on any atom is -0.497 e. The molecule has 0 aromatic heterocycles. The first-order valence-corrected chi connectivity index (χ1v) is 9.81. The predicted molar refractivity (Wildman–Crippen MR) is 125 cm³/mol. The highest BCUT2D eigenvalue weighted by molar-refractivity contribution is 5.85. The molecule has 0 aliphatic rings. The van der Waals surface area contributed by atoms with Gasteiger partial charge in [0.1, 0.15) is 24.2 Å². The molecule has 7 nitrogen and oxygen atoms in total. The van der Waals surface area contributed by atoms with Crippen molar-refractivity contribution in [3.05, 3.63) is 59.7 Å². The van der Waals surface area contributed by atoms with Crippen molar-refractivity contribution >= 4 is 24.3 Å². The number of nitrogens with zero attached hydrogens (tertiary/aromatic N) is 1. The number of carboxylic acid groups (broad SMARTS) is 1. The van der Waals surface area contributed by atoms with Gasteiger partial charge in [-0.15, -0.1) is 12.4 Å². The van der Waals surface area contributed by atoms with Gasteiger partial charge in [0.2, 0.25) is 0 Å². The van der Waals surface area contributed by atoms with Crippen LogP contribution in [0.4, 0.5) is 0 Å². The Hall–Kier alpha value is -2.77. The molecule has 2 aromatic rings. The number of hydrogen-bond donors (Lipinski definition) is 1. The monoisotopic (exact) mass is 469 g/mol. The number of likely N-dealkylation sites (N-methyl/N-ethyl adjacent to an activating group) is 1. The fourth-order valence-electron chi connectivity index (χ4n) is 2.96. The summed E-state index contributed by atoms with van der Waals surface area (Å²) < 4.78 is 46.7. The minimum atomic E-state index is -3.46.